The third-order valence-corrected chi connectivity index (χ3v) is 3.61. The molecular weight excluding hydrogens is 288 g/mol. The van der Waals surface area contributed by atoms with Crippen molar-refractivity contribution in [3.63, 3.8) is 0 Å². The standard InChI is InChI=1S/C17H21F2NO2/c1-11(3-5-13-6-7-14(18)9-15(13)19)20-10-16(21)17-8-4-12(2)22-17/h4,6-9,11,16,20-21H,3,5,10H2,1-2H3. The fourth-order valence-corrected chi connectivity index (χ4v) is 2.24. The Kier molecular flexibility index (Phi) is 5.69. The average molecular weight is 309 g/mol. The van der Waals surface area contributed by atoms with Gasteiger partial charge in [-0.05, 0) is 50.5 Å². The van der Waals surface area contributed by atoms with Crippen LogP contribution in [0.15, 0.2) is 34.7 Å². The van der Waals surface area contributed by atoms with Gasteiger partial charge in [-0.25, -0.2) is 8.78 Å². The van der Waals surface area contributed by atoms with E-state index in [0.29, 0.717) is 30.7 Å². The molecule has 0 fully saturated rings. The van der Waals surface area contributed by atoms with Gasteiger partial charge in [0.2, 0.25) is 0 Å². The number of aryl methyl sites for hydroxylation is 2. The number of hydrogen-bond acceptors (Lipinski definition) is 3. The average Bonchev–Trinajstić information content (AvgIpc) is 2.90. The van der Waals surface area contributed by atoms with Crippen LogP contribution in [0.1, 0.15) is 36.5 Å². The van der Waals surface area contributed by atoms with Gasteiger partial charge in [-0.3, -0.25) is 0 Å². The Morgan fingerprint density at radius 2 is 2.00 bits per heavy atom. The van der Waals surface area contributed by atoms with E-state index in [1.807, 2.05) is 13.8 Å². The van der Waals surface area contributed by atoms with Crippen molar-refractivity contribution in [1.29, 1.82) is 0 Å². The van der Waals surface area contributed by atoms with Crippen molar-refractivity contribution < 1.29 is 18.3 Å². The number of benzene rings is 1. The highest BCUT2D eigenvalue weighted by atomic mass is 19.1. The topological polar surface area (TPSA) is 45.4 Å². The van der Waals surface area contributed by atoms with Crippen molar-refractivity contribution in [3.05, 3.63) is 59.1 Å². The molecule has 2 N–H and O–H groups in total. The maximum absolute atomic E-state index is 13.5. The van der Waals surface area contributed by atoms with Crippen LogP contribution in [0.3, 0.4) is 0 Å². The predicted molar refractivity (Wildman–Crippen MR) is 80.5 cm³/mol. The molecule has 0 aliphatic carbocycles. The highest BCUT2D eigenvalue weighted by Crippen LogP contribution is 2.16. The number of furan rings is 1. The third-order valence-electron chi connectivity index (χ3n) is 3.61. The summed E-state index contributed by atoms with van der Waals surface area (Å²) in [6, 6.07) is 7.28. The van der Waals surface area contributed by atoms with Gasteiger partial charge in [0.25, 0.3) is 0 Å². The summed E-state index contributed by atoms with van der Waals surface area (Å²) in [5.41, 5.74) is 0.497. The van der Waals surface area contributed by atoms with Crippen molar-refractivity contribution in [2.24, 2.45) is 0 Å². The molecule has 0 aliphatic rings. The summed E-state index contributed by atoms with van der Waals surface area (Å²) < 4.78 is 31.7. The molecule has 1 heterocycles. The van der Waals surface area contributed by atoms with Crippen molar-refractivity contribution in [2.75, 3.05) is 6.54 Å². The van der Waals surface area contributed by atoms with E-state index in [-0.39, 0.29) is 6.04 Å². The van der Waals surface area contributed by atoms with Crippen LogP contribution in [0.25, 0.3) is 0 Å². The zero-order chi connectivity index (χ0) is 16.1. The first-order chi connectivity index (χ1) is 10.5. The van der Waals surface area contributed by atoms with Crippen LogP contribution < -0.4 is 5.32 Å². The van der Waals surface area contributed by atoms with Gasteiger partial charge in [-0.2, -0.15) is 0 Å². The summed E-state index contributed by atoms with van der Waals surface area (Å²) in [7, 11) is 0. The third kappa shape index (κ3) is 4.64. The second kappa shape index (κ2) is 7.51. The first kappa shape index (κ1) is 16.6. The van der Waals surface area contributed by atoms with E-state index in [0.717, 1.165) is 11.8 Å². The summed E-state index contributed by atoms with van der Waals surface area (Å²) in [6.07, 6.45) is 0.488. The highest BCUT2D eigenvalue weighted by molar-refractivity contribution is 5.18. The summed E-state index contributed by atoms with van der Waals surface area (Å²) in [4.78, 5) is 0. The first-order valence-corrected chi connectivity index (χ1v) is 7.37. The van der Waals surface area contributed by atoms with Crippen LogP contribution in [0.4, 0.5) is 8.78 Å². The fraction of sp³-hybridized carbons (Fsp3) is 0.412. The molecule has 120 valence electrons. The quantitative estimate of drug-likeness (QED) is 0.822. The highest BCUT2D eigenvalue weighted by Gasteiger charge is 2.13. The van der Waals surface area contributed by atoms with Gasteiger partial charge in [0.05, 0.1) is 0 Å². The van der Waals surface area contributed by atoms with Crippen LogP contribution in [-0.4, -0.2) is 17.7 Å². The molecule has 2 aromatic rings. The predicted octanol–water partition coefficient (Wildman–Crippen LogP) is 3.51. The number of rotatable bonds is 7. The second-order valence-corrected chi connectivity index (χ2v) is 5.55. The summed E-state index contributed by atoms with van der Waals surface area (Å²) >= 11 is 0. The molecule has 2 atom stereocenters. The van der Waals surface area contributed by atoms with E-state index >= 15 is 0 Å². The van der Waals surface area contributed by atoms with Gasteiger partial charge < -0.3 is 14.8 Å². The maximum Gasteiger partial charge on any atom is 0.133 e. The monoisotopic (exact) mass is 309 g/mol. The van der Waals surface area contributed by atoms with Gasteiger partial charge in [0.15, 0.2) is 0 Å². The van der Waals surface area contributed by atoms with Crippen LogP contribution in [0, 0.1) is 18.6 Å². The minimum absolute atomic E-state index is 0.0927. The van der Waals surface area contributed by atoms with E-state index in [1.165, 1.54) is 12.1 Å². The van der Waals surface area contributed by atoms with E-state index in [9.17, 15) is 13.9 Å². The molecule has 2 rings (SSSR count). The molecule has 0 radical (unpaired) electrons. The van der Waals surface area contributed by atoms with Crippen LogP contribution in [-0.2, 0) is 6.42 Å². The largest absolute Gasteiger partial charge is 0.464 e. The normalized spacial score (nSPS) is 14.0. The maximum atomic E-state index is 13.5. The van der Waals surface area contributed by atoms with E-state index in [4.69, 9.17) is 4.42 Å². The lowest BCUT2D eigenvalue weighted by molar-refractivity contribution is 0.142. The van der Waals surface area contributed by atoms with Crippen molar-refractivity contribution in [3.8, 4) is 0 Å². The molecule has 0 saturated carbocycles. The Labute approximate surface area is 129 Å². The molecule has 22 heavy (non-hydrogen) atoms. The van der Waals surface area contributed by atoms with Gasteiger partial charge >= 0.3 is 0 Å². The minimum atomic E-state index is -0.710. The molecule has 0 amide bonds. The zero-order valence-corrected chi connectivity index (χ0v) is 12.8. The fourth-order valence-electron chi connectivity index (χ4n) is 2.24. The summed E-state index contributed by atoms with van der Waals surface area (Å²) in [5.74, 6) is 0.207. The van der Waals surface area contributed by atoms with E-state index in [1.54, 1.807) is 12.1 Å². The number of aliphatic hydroxyl groups excluding tert-OH is 1. The molecule has 2 unspecified atom stereocenters. The van der Waals surface area contributed by atoms with Gasteiger partial charge in [-0.1, -0.05) is 6.07 Å². The Morgan fingerprint density at radius 3 is 2.64 bits per heavy atom. The molecule has 1 aromatic heterocycles. The molecular formula is C17H21F2NO2. The van der Waals surface area contributed by atoms with E-state index < -0.39 is 17.7 Å². The Bertz CT molecular complexity index is 612. The van der Waals surface area contributed by atoms with Gasteiger partial charge in [0, 0.05) is 18.7 Å². The van der Waals surface area contributed by atoms with Crippen molar-refractivity contribution in [1.82, 2.24) is 5.32 Å². The molecule has 3 nitrogen and oxygen atoms in total. The van der Waals surface area contributed by atoms with E-state index in [2.05, 4.69) is 5.32 Å². The summed E-state index contributed by atoms with van der Waals surface area (Å²) in [6.45, 7) is 4.14. The molecule has 0 aliphatic heterocycles. The smallest absolute Gasteiger partial charge is 0.133 e. The second-order valence-electron chi connectivity index (χ2n) is 5.55. The minimum Gasteiger partial charge on any atom is -0.464 e. The Morgan fingerprint density at radius 1 is 1.23 bits per heavy atom. The van der Waals surface area contributed by atoms with Crippen molar-refractivity contribution >= 4 is 0 Å². The van der Waals surface area contributed by atoms with Crippen LogP contribution in [0.5, 0.6) is 0 Å². The number of hydrogen-bond donors (Lipinski definition) is 2. The number of halogens is 2. The molecule has 1 aromatic carbocycles. The molecule has 5 heteroatoms. The summed E-state index contributed by atoms with van der Waals surface area (Å²) in [5, 5.41) is 13.2. The van der Waals surface area contributed by atoms with Crippen molar-refractivity contribution in [2.45, 2.75) is 38.8 Å². The number of aliphatic hydroxyl groups is 1. The molecule has 0 saturated heterocycles. The first-order valence-electron chi connectivity index (χ1n) is 7.37. The Balaban J connectivity index is 1.77. The lowest BCUT2D eigenvalue weighted by Crippen LogP contribution is -2.30. The molecule has 0 bridgehead atoms. The SMILES string of the molecule is Cc1ccc(C(O)CNC(C)CCc2ccc(F)cc2F)o1. The lowest BCUT2D eigenvalue weighted by atomic mass is 10.1. The van der Waals surface area contributed by atoms with Gasteiger partial charge in [-0.15, -0.1) is 0 Å². The lowest BCUT2D eigenvalue weighted by Gasteiger charge is -2.16. The van der Waals surface area contributed by atoms with Gasteiger partial charge in [0.1, 0.15) is 29.3 Å². The Hall–Kier alpha value is -1.72. The van der Waals surface area contributed by atoms with Crippen LogP contribution in [0.2, 0.25) is 0 Å². The zero-order valence-electron chi connectivity index (χ0n) is 12.8. The van der Waals surface area contributed by atoms with Crippen LogP contribution >= 0.6 is 0 Å². The number of nitrogens with one attached hydrogen (secondary N) is 1. The molecule has 0 spiro atoms.